The third-order valence-corrected chi connectivity index (χ3v) is 1.97. The molecule has 5 heteroatoms. The van der Waals surface area contributed by atoms with Crippen molar-refractivity contribution >= 4 is 5.97 Å². The number of methoxy groups -OCH3 is 3. The van der Waals surface area contributed by atoms with Crippen LogP contribution < -0.4 is 0 Å². The Labute approximate surface area is 76.9 Å². The van der Waals surface area contributed by atoms with Crippen LogP contribution in [0.1, 0.15) is 0 Å². The molecule has 0 aromatic rings. The average molecular weight is 190 g/mol. The molecule has 0 saturated carbocycles. The minimum Gasteiger partial charge on any atom is -0.467 e. The largest absolute Gasteiger partial charge is 0.467 e. The third kappa shape index (κ3) is 1.99. The molecule has 0 aromatic carbocycles. The van der Waals surface area contributed by atoms with Crippen molar-refractivity contribution < 1.29 is 23.7 Å². The summed E-state index contributed by atoms with van der Waals surface area (Å²) in [5, 5.41) is 0. The summed E-state index contributed by atoms with van der Waals surface area (Å²) in [6.07, 6.45) is -0.544. The average Bonchev–Trinajstić information content (AvgIpc) is 2.80. The van der Waals surface area contributed by atoms with E-state index in [9.17, 15) is 4.79 Å². The summed E-state index contributed by atoms with van der Waals surface area (Å²) in [7, 11) is 4.43. The van der Waals surface area contributed by atoms with Gasteiger partial charge in [-0.05, 0) is 0 Å². The van der Waals surface area contributed by atoms with E-state index in [1.54, 1.807) is 14.2 Å². The fourth-order valence-corrected chi connectivity index (χ4v) is 1.32. The maximum atomic E-state index is 11.1. The molecule has 1 atom stereocenters. The number of ether oxygens (including phenoxy) is 4. The number of carbonyl (C=O) groups excluding carboxylic acids is 1. The summed E-state index contributed by atoms with van der Waals surface area (Å²) in [6, 6.07) is 0. The van der Waals surface area contributed by atoms with Crippen molar-refractivity contribution in [3.63, 3.8) is 0 Å². The zero-order chi connectivity index (χ0) is 9.90. The van der Waals surface area contributed by atoms with E-state index in [2.05, 4.69) is 4.74 Å². The number of carbonyl (C=O) groups is 1. The van der Waals surface area contributed by atoms with Crippen molar-refractivity contribution in [2.75, 3.05) is 34.5 Å². The number of rotatable bonds is 5. The quantitative estimate of drug-likeness (QED) is 0.435. The first-order chi connectivity index (χ1) is 6.20. The highest BCUT2D eigenvalue weighted by Crippen LogP contribution is 2.37. The predicted molar refractivity (Wildman–Crippen MR) is 43.4 cm³/mol. The maximum Gasteiger partial charge on any atom is 0.338 e. The van der Waals surface area contributed by atoms with Crippen LogP contribution in [0.2, 0.25) is 0 Å². The van der Waals surface area contributed by atoms with E-state index in [0.717, 1.165) is 0 Å². The smallest absolute Gasteiger partial charge is 0.338 e. The van der Waals surface area contributed by atoms with Crippen LogP contribution in [-0.2, 0) is 23.7 Å². The minimum absolute atomic E-state index is 0.334. The van der Waals surface area contributed by atoms with Gasteiger partial charge in [0.1, 0.15) is 0 Å². The van der Waals surface area contributed by atoms with Gasteiger partial charge in [-0.2, -0.15) is 0 Å². The fourth-order valence-electron chi connectivity index (χ4n) is 1.32. The van der Waals surface area contributed by atoms with Gasteiger partial charge in [-0.15, -0.1) is 0 Å². The Morgan fingerprint density at radius 3 is 2.23 bits per heavy atom. The van der Waals surface area contributed by atoms with Gasteiger partial charge >= 0.3 is 5.97 Å². The van der Waals surface area contributed by atoms with Gasteiger partial charge in [0.15, 0.2) is 11.7 Å². The van der Waals surface area contributed by atoms with Gasteiger partial charge in [-0.1, -0.05) is 0 Å². The zero-order valence-electron chi connectivity index (χ0n) is 8.03. The van der Waals surface area contributed by atoms with Crippen molar-refractivity contribution in [2.45, 2.75) is 11.7 Å². The third-order valence-electron chi connectivity index (χ3n) is 1.97. The van der Waals surface area contributed by atoms with Gasteiger partial charge < -0.3 is 18.9 Å². The standard InChI is InChI=1S/C8H14O5/c1-10-4-8(5-11-2)6(13-8)7(9)12-3/h6H,4-5H2,1-3H3. The number of hydrogen-bond donors (Lipinski definition) is 0. The highest BCUT2D eigenvalue weighted by molar-refractivity contribution is 5.79. The second-order valence-electron chi connectivity index (χ2n) is 2.95. The summed E-state index contributed by atoms with van der Waals surface area (Å²) >= 11 is 0. The van der Waals surface area contributed by atoms with Crippen molar-refractivity contribution in [3.8, 4) is 0 Å². The van der Waals surface area contributed by atoms with Crippen LogP contribution in [0, 0.1) is 0 Å². The van der Waals surface area contributed by atoms with Crippen LogP contribution in [0.5, 0.6) is 0 Å². The lowest BCUT2D eigenvalue weighted by molar-refractivity contribution is -0.142. The Hall–Kier alpha value is -0.650. The molecule has 0 amide bonds. The second-order valence-corrected chi connectivity index (χ2v) is 2.95. The molecule has 13 heavy (non-hydrogen) atoms. The highest BCUT2D eigenvalue weighted by Gasteiger charge is 2.62. The Morgan fingerprint density at radius 2 is 1.85 bits per heavy atom. The van der Waals surface area contributed by atoms with Crippen LogP contribution in [-0.4, -0.2) is 52.2 Å². The molecule has 0 radical (unpaired) electrons. The lowest BCUT2D eigenvalue weighted by Crippen LogP contribution is -2.31. The van der Waals surface area contributed by atoms with Gasteiger partial charge in [0.05, 0.1) is 20.3 Å². The van der Waals surface area contributed by atoms with Crippen LogP contribution in [0.15, 0.2) is 0 Å². The molecule has 1 aliphatic heterocycles. The lowest BCUT2D eigenvalue weighted by Gasteiger charge is -2.09. The molecule has 76 valence electrons. The van der Waals surface area contributed by atoms with Gasteiger partial charge in [0.25, 0.3) is 0 Å². The van der Waals surface area contributed by atoms with Gasteiger partial charge in [-0.3, -0.25) is 0 Å². The van der Waals surface area contributed by atoms with Crippen molar-refractivity contribution in [3.05, 3.63) is 0 Å². The molecular weight excluding hydrogens is 176 g/mol. The van der Waals surface area contributed by atoms with E-state index in [-0.39, 0.29) is 5.97 Å². The number of epoxide rings is 1. The van der Waals surface area contributed by atoms with Crippen molar-refractivity contribution in [1.29, 1.82) is 0 Å². The van der Waals surface area contributed by atoms with E-state index in [4.69, 9.17) is 14.2 Å². The zero-order valence-corrected chi connectivity index (χ0v) is 8.03. The van der Waals surface area contributed by atoms with Crippen molar-refractivity contribution in [1.82, 2.24) is 0 Å². The maximum absolute atomic E-state index is 11.1. The summed E-state index contributed by atoms with van der Waals surface area (Å²) in [5.74, 6) is -0.380. The molecule has 0 aliphatic carbocycles. The number of esters is 1. The molecule has 0 spiro atoms. The van der Waals surface area contributed by atoms with E-state index in [1.807, 2.05) is 0 Å². The Morgan fingerprint density at radius 1 is 1.31 bits per heavy atom. The van der Waals surface area contributed by atoms with Crippen LogP contribution >= 0.6 is 0 Å². The first-order valence-electron chi connectivity index (χ1n) is 3.93. The molecule has 0 N–H and O–H groups in total. The summed E-state index contributed by atoms with van der Waals surface area (Å²) in [5.41, 5.74) is -0.628. The van der Waals surface area contributed by atoms with Gasteiger partial charge in [-0.25, -0.2) is 4.79 Å². The molecule has 1 unspecified atom stereocenters. The monoisotopic (exact) mass is 190 g/mol. The SMILES string of the molecule is COCC1(COC)OC1C(=O)OC. The highest BCUT2D eigenvalue weighted by atomic mass is 16.7. The molecule has 0 aromatic heterocycles. The molecule has 1 saturated heterocycles. The predicted octanol–water partition coefficient (Wildman–Crippen LogP) is -0.410. The normalized spacial score (nSPS) is 24.1. The molecule has 1 heterocycles. The van der Waals surface area contributed by atoms with E-state index >= 15 is 0 Å². The van der Waals surface area contributed by atoms with E-state index < -0.39 is 11.7 Å². The van der Waals surface area contributed by atoms with E-state index in [1.165, 1.54) is 7.11 Å². The molecule has 1 aliphatic rings. The van der Waals surface area contributed by atoms with E-state index in [0.29, 0.717) is 13.2 Å². The second kappa shape index (κ2) is 4.04. The Balaban J connectivity index is 2.50. The minimum atomic E-state index is -0.628. The van der Waals surface area contributed by atoms with Crippen LogP contribution in [0.4, 0.5) is 0 Å². The molecule has 1 rings (SSSR count). The lowest BCUT2D eigenvalue weighted by atomic mass is 10.1. The fraction of sp³-hybridized carbons (Fsp3) is 0.875. The Kier molecular flexibility index (Phi) is 3.24. The summed E-state index contributed by atoms with van der Waals surface area (Å²) in [6.45, 7) is 0.668. The van der Waals surface area contributed by atoms with Crippen molar-refractivity contribution in [2.24, 2.45) is 0 Å². The first kappa shape index (κ1) is 10.4. The Bertz CT molecular complexity index is 185. The molecule has 0 bridgehead atoms. The number of hydrogen-bond acceptors (Lipinski definition) is 5. The molecular formula is C8H14O5. The van der Waals surface area contributed by atoms with Crippen LogP contribution in [0.25, 0.3) is 0 Å². The first-order valence-corrected chi connectivity index (χ1v) is 3.93. The topological polar surface area (TPSA) is 57.3 Å². The molecule has 5 nitrogen and oxygen atoms in total. The van der Waals surface area contributed by atoms with Gasteiger partial charge in [0.2, 0.25) is 0 Å². The van der Waals surface area contributed by atoms with Gasteiger partial charge in [0, 0.05) is 14.2 Å². The summed E-state index contributed by atoms with van der Waals surface area (Å²) < 4.78 is 19.6. The molecule has 1 fully saturated rings. The van der Waals surface area contributed by atoms with Crippen LogP contribution in [0.3, 0.4) is 0 Å². The summed E-state index contributed by atoms with van der Waals surface area (Å²) in [4.78, 5) is 11.1.